The molecule has 2 fully saturated rings. The molecule has 1 N–H and O–H groups in total. The van der Waals surface area contributed by atoms with Gasteiger partial charge in [-0.1, -0.05) is 12.8 Å². The van der Waals surface area contributed by atoms with Gasteiger partial charge in [0.05, 0.1) is 17.9 Å². The predicted octanol–water partition coefficient (Wildman–Crippen LogP) is 4.56. The molecule has 1 aliphatic carbocycles. The summed E-state index contributed by atoms with van der Waals surface area (Å²) in [5.74, 6) is 1.16. The molecule has 1 aliphatic heterocycles. The molecule has 2 aromatic rings. The van der Waals surface area contributed by atoms with E-state index in [1.54, 1.807) is 0 Å². The number of nitrogens with one attached hydrogen (secondary N) is 1. The number of alkyl halides is 3. The van der Waals surface area contributed by atoms with Crippen LogP contribution in [0.2, 0.25) is 0 Å². The third-order valence-electron chi connectivity index (χ3n) is 6.10. The zero-order valence-corrected chi connectivity index (χ0v) is 16.8. The molecule has 1 saturated heterocycles. The molecule has 2 heterocycles. The van der Waals surface area contributed by atoms with Crippen LogP contribution in [-0.4, -0.2) is 40.7 Å². The van der Waals surface area contributed by atoms with Gasteiger partial charge in [-0.3, -0.25) is 9.89 Å². The second-order valence-corrected chi connectivity index (χ2v) is 8.19. The van der Waals surface area contributed by atoms with Gasteiger partial charge < -0.3 is 9.64 Å². The van der Waals surface area contributed by atoms with Crippen molar-refractivity contribution in [3.8, 4) is 5.75 Å². The number of halogens is 3. The van der Waals surface area contributed by atoms with Crippen molar-refractivity contribution in [1.29, 1.82) is 0 Å². The molecule has 0 radical (unpaired) electrons. The molecular weight excluding hydrogens is 395 g/mol. The Bertz CT molecular complexity index is 857. The summed E-state index contributed by atoms with van der Waals surface area (Å²) in [5.41, 5.74) is 1.18. The summed E-state index contributed by atoms with van der Waals surface area (Å²) >= 11 is 0. The highest BCUT2D eigenvalue weighted by Crippen LogP contribution is 2.32. The molecule has 4 rings (SSSR count). The zero-order valence-electron chi connectivity index (χ0n) is 16.8. The maximum absolute atomic E-state index is 12.6. The maximum Gasteiger partial charge on any atom is 0.416 e. The summed E-state index contributed by atoms with van der Waals surface area (Å²) in [6.07, 6.45) is 1.51. The van der Waals surface area contributed by atoms with Crippen LogP contribution in [0, 0.1) is 5.92 Å². The van der Waals surface area contributed by atoms with Crippen LogP contribution >= 0.6 is 0 Å². The van der Waals surface area contributed by atoms with E-state index in [0.29, 0.717) is 24.7 Å². The molecule has 0 spiro atoms. The summed E-state index contributed by atoms with van der Waals surface area (Å²) in [4.78, 5) is 14.6. The second-order valence-electron chi connectivity index (χ2n) is 8.19. The van der Waals surface area contributed by atoms with Gasteiger partial charge >= 0.3 is 6.18 Å². The first-order chi connectivity index (χ1) is 14.4. The number of carbonyl (C=O) groups is 1. The van der Waals surface area contributed by atoms with Crippen LogP contribution < -0.4 is 4.74 Å². The number of likely N-dealkylation sites (tertiary alicyclic amines) is 1. The Labute approximate surface area is 173 Å². The van der Waals surface area contributed by atoms with E-state index in [4.69, 9.17) is 4.74 Å². The number of hydrogen-bond donors (Lipinski definition) is 1. The minimum absolute atomic E-state index is 0.209. The topological polar surface area (TPSA) is 58.2 Å². The van der Waals surface area contributed by atoms with Gasteiger partial charge in [-0.25, -0.2) is 0 Å². The van der Waals surface area contributed by atoms with E-state index < -0.39 is 11.7 Å². The quantitative estimate of drug-likeness (QED) is 0.744. The van der Waals surface area contributed by atoms with E-state index in [1.807, 2.05) is 11.0 Å². The number of aromatic amines is 1. The summed E-state index contributed by atoms with van der Waals surface area (Å²) < 4.78 is 43.3. The Kier molecular flexibility index (Phi) is 6.01. The SMILES string of the molecule is O=C(C1CCCC1)N1CC[C@@H](c2cc(CCOc3ccc(C(F)(F)F)cc3)[nH]n2)C1. The third-order valence-corrected chi connectivity index (χ3v) is 6.10. The molecule has 1 saturated carbocycles. The van der Waals surface area contributed by atoms with E-state index in [0.717, 1.165) is 68.7 Å². The Morgan fingerprint density at radius 3 is 2.60 bits per heavy atom. The average molecular weight is 421 g/mol. The maximum atomic E-state index is 12.6. The summed E-state index contributed by atoms with van der Waals surface area (Å²) in [6.45, 7) is 1.85. The lowest BCUT2D eigenvalue weighted by Crippen LogP contribution is -2.33. The van der Waals surface area contributed by atoms with Gasteiger partial charge in [-0.15, -0.1) is 0 Å². The molecule has 1 amide bonds. The van der Waals surface area contributed by atoms with Crippen molar-refractivity contribution < 1.29 is 22.7 Å². The molecular formula is C22H26F3N3O2. The number of ether oxygens (including phenoxy) is 1. The molecule has 1 aromatic heterocycles. The van der Waals surface area contributed by atoms with Gasteiger partial charge in [0.2, 0.25) is 5.91 Å². The van der Waals surface area contributed by atoms with Crippen molar-refractivity contribution in [3.05, 3.63) is 47.3 Å². The molecule has 1 aromatic carbocycles. The highest BCUT2D eigenvalue weighted by molar-refractivity contribution is 5.79. The number of carbonyl (C=O) groups excluding carboxylic acids is 1. The van der Waals surface area contributed by atoms with Crippen LogP contribution in [0.25, 0.3) is 0 Å². The molecule has 0 bridgehead atoms. The van der Waals surface area contributed by atoms with Crippen LogP contribution in [0.15, 0.2) is 30.3 Å². The standard InChI is InChI=1S/C22H26F3N3O2/c23-22(24,25)17-5-7-19(8-6-17)30-12-10-18-13-20(27-26-18)16-9-11-28(14-16)21(29)15-3-1-2-4-15/h5-8,13,15-16H,1-4,9-12,14H2,(H,26,27)/t16-/m1/s1. The summed E-state index contributed by atoms with van der Waals surface area (Å²) in [6, 6.07) is 6.69. The molecule has 1 atom stereocenters. The fourth-order valence-corrected chi connectivity index (χ4v) is 4.37. The van der Waals surface area contributed by atoms with Gasteiger partial charge in [-0.05, 0) is 49.6 Å². The number of aromatic nitrogens is 2. The normalized spacial score (nSPS) is 20.1. The van der Waals surface area contributed by atoms with Crippen molar-refractivity contribution in [2.45, 2.75) is 50.6 Å². The van der Waals surface area contributed by atoms with E-state index in [2.05, 4.69) is 10.2 Å². The van der Waals surface area contributed by atoms with Gasteiger partial charge in [0.1, 0.15) is 5.75 Å². The minimum Gasteiger partial charge on any atom is -0.493 e. The molecule has 5 nitrogen and oxygen atoms in total. The van der Waals surface area contributed by atoms with E-state index in [1.165, 1.54) is 12.1 Å². The van der Waals surface area contributed by atoms with Crippen LogP contribution in [0.4, 0.5) is 13.2 Å². The molecule has 162 valence electrons. The largest absolute Gasteiger partial charge is 0.493 e. The van der Waals surface area contributed by atoms with Crippen LogP contribution in [0.5, 0.6) is 5.75 Å². The molecule has 8 heteroatoms. The molecule has 30 heavy (non-hydrogen) atoms. The average Bonchev–Trinajstić information content (AvgIpc) is 3.48. The molecule has 0 unspecified atom stereocenters. The minimum atomic E-state index is -4.34. The Balaban J connectivity index is 1.25. The van der Waals surface area contributed by atoms with Crippen molar-refractivity contribution in [2.24, 2.45) is 5.92 Å². The smallest absolute Gasteiger partial charge is 0.416 e. The lowest BCUT2D eigenvalue weighted by atomic mass is 10.0. The van der Waals surface area contributed by atoms with Crippen molar-refractivity contribution in [2.75, 3.05) is 19.7 Å². The summed E-state index contributed by atoms with van der Waals surface area (Å²) in [5, 5.41) is 7.43. The number of benzene rings is 1. The van der Waals surface area contributed by atoms with Crippen LogP contribution in [0.1, 0.15) is 55.0 Å². The van der Waals surface area contributed by atoms with E-state index in [-0.39, 0.29) is 11.8 Å². The first-order valence-corrected chi connectivity index (χ1v) is 10.5. The third kappa shape index (κ3) is 4.79. The Morgan fingerprint density at radius 2 is 1.90 bits per heavy atom. The molecule has 2 aliphatic rings. The van der Waals surface area contributed by atoms with Gasteiger partial charge in [-0.2, -0.15) is 18.3 Å². The van der Waals surface area contributed by atoms with Crippen molar-refractivity contribution in [3.63, 3.8) is 0 Å². The van der Waals surface area contributed by atoms with Crippen molar-refractivity contribution in [1.82, 2.24) is 15.1 Å². The van der Waals surface area contributed by atoms with Gasteiger partial charge in [0.15, 0.2) is 0 Å². The number of hydrogen-bond acceptors (Lipinski definition) is 3. The monoisotopic (exact) mass is 421 g/mol. The Hall–Kier alpha value is -2.51. The first kappa shape index (κ1) is 20.8. The second kappa shape index (κ2) is 8.70. The van der Waals surface area contributed by atoms with E-state index >= 15 is 0 Å². The Morgan fingerprint density at radius 1 is 1.17 bits per heavy atom. The summed E-state index contributed by atoms with van der Waals surface area (Å²) in [7, 11) is 0. The fraction of sp³-hybridized carbons (Fsp3) is 0.545. The predicted molar refractivity (Wildman–Crippen MR) is 105 cm³/mol. The van der Waals surface area contributed by atoms with Crippen LogP contribution in [-0.2, 0) is 17.4 Å². The first-order valence-electron chi connectivity index (χ1n) is 10.5. The van der Waals surface area contributed by atoms with Gasteiger partial charge in [0, 0.05) is 37.0 Å². The lowest BCUT2D eigenvalue weighted by Gasteiger charge is -2.20. The highest BCUT2D eigenvalue weighted by Gasteiger charge is 2.33. The number of amides is 1. The van der Waals surface area contributed by atoms with Crippen molar-refractivity contribution >= 4 is 5.91 Å². The van der Waals surface area contributed by atoms with Crippen LogP contribution in [0.3, 0.4) is 0 Å². The lowest BCUT2D eigenvalue weighted by molar-refractivity contribution is -0.137. The van der Waals surface area contributed by atoms with Gasteiger partial charge in [0.25, 0.3) is 0 Å². The highest BCUT2D eigenvalue weighted by atomic mass is 19.4. The number of rotatable bonds is 6. The fourth-order valence-electron chi connectivity index (χ4n) is 4.37. The number of nitrogens with zero attached hydrogens (tertiary/aromatic N) is 2. The number of H-pyrrole nitrogens is 1. The van der Waals surface area contributed by atoms with E-state index in [9.17, 15) is 18.0 Å². The zero-order chi connectivity index (χ0) is 21.1.